The first-order valence-electron chi connectivity index (χ1n) is 13.8. The van der Waals surface area contributed by atoms with Crippen LogP contribution in [0, 0.1) is 5.92 Å². The van der Waals surface area contributed by atoms with Crippen LogP contribution in [0.5, 0.6) is 0 Å². The normalized spacial score (nSPS) is 16.1. The van der Waals surface area contributed by atoms with Crippen LogP contribution in [0.2, 0.25) is 0 Å². The highest BCUT2D eigenvalue weighted by Crippen LogP contribution is 2.41. The summed E-state index contributed by atoms with van der Waals surface area (Å²) in [7, 11) is 0. The van der Waals surface area contributed by atoms with Crippen molar-refractivity contribution in [3.8, 4) is 22.3 Å². The molecule has 1 amide bonds. The molecule has 2 aliphatic heterocycles. The van der Waals surface area contributed by atoms with E-state index in [9.17, 15) is 4.79 Å². The molecule has 40 heavy (non-hydrogen) atoms. The Bertz CT molecular complexity index is 1690. The molecule has 0 atom stereocenters. The number of aromatic nitrogens is 3. The summed E-state index contributed by atoms with van der Waals surface area (Å²) in [6, 6.07) is 12.5. The van der Waals surface area contributed by atoms with E-state index in [0.29, 0.717) is 0 Å². The van der Waals surface area contributed by atoms with Gasteiger partial charge in [0.15, 0.2) is 0 Å². The first-order valence-corrected chi connectivity index (χ1v) is 13.8. The highest BCUT2D eigenvalue weighted by molar-refractivity contribution is 5.96. The molecule has 1 fully saturated rings. The van der Waals surface area contributed by atoms with Gasteiger partial charge in [0.25, 0.3) is 0 Å². The zero-order chi connectivity index (χ0) is 27.1. The number of rotatable bonds is 5. The first-order chi connectivity index (χ1) is 19.6. The summed E-state index contributed by atoms with van der Waals surface area (Å²) in [5.41, 5.74) is 13.0. The molecule has 0 bridgehead atoms. The predicted octanol–water partition coefficient (Wildman–Crippen LogP) is 6.70. The molecule has 1 aliphatic carbocycles. The summed E-state index contributed by atoms with van der Waals surface area (Å²) in [6.45, 7) is 2.96. The van der Waals surface area contributed by atoms with Gasteiger partial charge in [-0.3, -0.25) is 19.7 Å². The van der Waals surface area contributed by atoms with Gasteiger partial charge in [-0.25, -0.2) is 0 Å². The number of anilines is 3. The Balaban J connectivity index is 1.20. The number of nitrogens with zero attached hydrogens (tertiary/aromatic N) is 3. The van der Waals surface area contributed by atoms with E-state index in [1.54, 1.807) is 12.4 Å². The fraction of sp³-hybridized carbons (Fsp3) is 0.212. The summed E-state index contributed by atoms with van der Waals surface area (Å²) >= 11 is 0. The van der Waals surface area contributed by atoms with Crippen LogP contribution in [0.3, 0.4) is 0 Å². The van der Waals surface area contributed by atoms with Gasteiger partial charge >= 0.3 is 0 Å². The Morgan fingerprint density at radius 2 is 1.77 bits per heavy atom. The number of hydrogen-bond acceptors (Lipinski definition) is 6. The third-order valence-electron chi connectivity index (χ3n) is 8.15. The van der Waals surface area contributed by atoms with E-state index < -0.39 is 0 Å². The Hall–Kier alpha value is -4.78. The summed E-state index contributed by atoms with van der Waals surface area (Å²) in [5, 5.41) is 10.3. The third kappa shape index (κ3) is 4.43. The third-order valence-corrected chi connectivity index (χ3v) is 8.15. The molecule has 0 radical (unpaired) electrons. The largest absolute Gasteiger partial charge is 0.381 e. The van der Waals surface area contributed by atoms with Crippen molar-refractivity contribution in [2.75, 3.05) is 22.5 Å². The van der Waals surface area contributed by atoms with Gasteiger partial charge in [-0.1, -0.05) is 24.6 Å². The second kappa shape index (κ2) is 10.1. The maximum absolute atomic E-state index is 12.5. The van der Waals surface area contributed by atoms with Gasteiger partial charge in [-0.05, 0) is 67.2 Å². The highest BCUT2D eigenvalue weighted by atomic mass is 16.1. The van der Waals surface area contributed by atoms with Crippen LogP contribution in [0.15, 0.2) is 90.9 Å². The minimum atomic E-state index is 0.0949. The highest BCUT2D eigenvalue weighted by Gasteiger charge is 2.26. The van der Waals surface area contributed by atoms with Gasteiger partial charge in [-0.2, -0.15) is 0 Å². The van der Waals surface area contributed by atoms with E-state index in [2.05, 4.69) is 68.2 Å². The molecule has 7 rings (SSSR count). The molecular weight excluding hydrogens is 496 g/mol. The number of amides is 1. The van der Waals surface area contributed by atoms with Crippen LogP contribution in [0.1, 0.15) is 37.3 Å². The smallest absolute Gasteiger partial charge is 0.227 e. The number of carbonyl (C=O) groups excluding carboxylic acids is 1. The lowest BCUT2D eigenvalue weighted by molar-refractivity contribution is -0.122. The average molecular weight is 527 g/mol. The second-order valence-corrected chi connectivity index (χ2v) is 10.8. The lowest BCUT2D eigenvalue weighted by Crippen LogP contribution is -2.28. The standard InChI is InChI=1S/C33H30N6O/c1-20-14-37-29-9-7-22(24-12-25(17-35-16-24)38-33(40)21-4-2-5-21)13-27(29)32(20)30-10-8-26-28(18-36-19-31(26)39-30)23-6-3-11-34-15-23/h3,6-7,9-13,15-19,21,37,39H,2,4-5,8,14H2,1H3,(H,38,40). The monoisotopic (exact) mass is 526 g/mol. The SMILES string of the molecule is CC1=C(C2=CCc3c(cncc3-c3cccnc3)N2)c2cc(-c3cncc(NC(=O)C4CCC4)c3)ccc2NC1. The molecule has 3 aliphatic rings. The van der Waals surface area contributed by atoms with E-state index in [-0.39, 0.29) is 11.8 Å². The summed E-state index contributed by atoms with van der Waals surface area (Å²) in [6.07, 6.45) is 17.2. The van der Waals surface area contributed by atoms with Gasteiger partial charge in [0, 0.05) is 76.5 Å². The summed E-state index contributed by atoms with van der Waals surface area (Å²) < 4.78 is 0. The molecule has 0 spiro atoms. The van der Waals surface area contributed by atoms with Gasteiger partial charge in [0.1, 0.15) is 0 Å². The molecule has 0 unspecified atom stereocenters. The number of hydrogen-bond donors (Lipinski definition) is 3. The number of allylic oxidation sites excluding steroid dienone is 2. The van der Waals surface area contributed by atoms with E-state index >= 15 is 0 Å². The molecule has 0 saturated heterocycles. The molecule has 4 aromatic rings. The first kappa shape index (κ1) is 24.3. The number of nitrogens with one attached hydrogen (secondary N) is 3. The van der Waals surface area contributed by atoms with E-state index in [4.69, 9.17) is 0 Å². The molecule has 7 nitrogen and oxygen atoms in total. The molecule has 5 heterocycles. The van der Waals surface area contributed by atoms with Crippen LogP contribution in [-0.2, 0) is 11.2 Å². The van der Waals surface area contributed by atoms with E-state index in [1.807, 2.05) is 36.9 Å². The van der Waals surface area contributed by atoms with Crippen LogP contribution in [-0.4, -0.2) is 27.4 Å². The second-order valence-electron chi connectivity index (χ2n) is 10.8. The quantitative estimate of drug-likeness (QED) is 0.268. The van der Waals surface area contributed by atoms with Crippen molar-refractivity contribution < 1.29 is 4.79 Å². The Morgan fingerprint density at radius 1 is 0.900 bits per heavy atom. The van der Waals surface area contributed by atoms with Crippen molar-refractivity contribution in [1.29, 1.82) is 0 Å². The van der Waals surface area contributed by atoms with Gasteiger partial charge < -0.3 is 16.0 Å². The number of pyridine rings is 3. The number of carbonyl (C=O) groups is 1. The molecule has 7 heteroatoms. The van der Waals surface area contributed by atoms with Crippen LogP contribution < -0.4 is 16.0 Å². The predicted molar refractivity (Wildman–Crippen MR) is 160 cm³/mol. The lowest BCUT2D eigenvalue weighted by atomic mass is 9.85. The Labute approximate surface area is 233 Å². The minimum Gasteiger partial charge on any atom is -0.381 e. The van der Waals surface area contributed by atoms with Gasteiger partial charge in [-0.15, -0.1) is 0 Å². The summed E-state index contributed by atoms with van der Waals surface area (Å²) in [4.78, 5) is 25.8. The number of fused-ring (bicyclic) bond motifs is 2. The summed E-state index contributed by atoms with van der Waals surface area (Å²) in [5.74, 6) is 0.226. The molecular formula is C33H30N6O. The topological polar surface area (TPSA) is 91.8 Å². The Kier molecular flexibility index (Phi) is 6.11. The molecule has 1 aromatic carbocycles. The van der Waals surface area contributed by atoms with Crippen LogP contribution in [0.4, 0.5) is 17.1 Å². The maximum Gasteiger partial charge on any atom is 0.227 e. The van der Waals surface area contributed by atoms with Gasteiger partial charge in [0.05, 0.1) is 23.8 Å². The molecule has 198 valence electrons. The van der Waals surface area contributed by atoms with Crippen molar-refractivity contribution in [1.82, 2.24) is 15.0 Å². The van der Waals surface area contributed by atoms with Crippen LogP contribution >= 0.6 is 0 Å². The zero-order valence-electron chi connectivity index (χ0n) is 22.4. The number of benzene rings is 1. The van der Waals surface area contributed by atoms with Crippen molar-refractivity contribution in [3.63, 3.8) is 0 Å². The minimum absolute atomic E-state index is 0.0949. The molecule has 3 aromatic heterocycles. The average Bonchev–Trinajstić information content (AvgIpc) is 2.96. The van der Waals surface area contributed by atoms with E-state index in [0.717, 1.165) is 82.8 Å². The van der Waals surface area contributed by atoms with Crippen molar-refractivity contribution in [2.24, 2.45) is 5.92 Å². The van der Waals surface area contributed by atoms with Crippen molar-refractivity contribution in [2.45, 2.75) is 32.6 Å². The Morgan fingerprint density at radius 3 is 2.60 bits per heavy atom. The fourth-order valence-electron chi connectivity index (χ4n) is 5.74. The fourth-order valence-corrected chi connectivity index (χ4v) is 5.74. The maximum atomic E-state index is 12.5. The lowest BCUT2D eigenvalue weighted by Gasteiger charge is -2.29. The van der Waals surface area contributed by atoms with Crippen molar-refractivity contribution >= 4 is 28.5 Å². The van der Waals surface area contributed by atoms with E-state index in [1.165, 1.54) is 16.7 Å². The van der Waals surface area contributed by atoms with Crippen molar-refractivity contribution in [3.05, 3.63) is 102 Å². The zero-order valence-corrected chi connectivity index (χ0v) is 22.4. The molecule has 3 N–H and O–H groups in total. The van der Waals surface area contributed by atoms with Gasteiger partial charge in [0.2, 0.25) is 5.91 Å². The van der Waals surface area contributed by atoms with Crippen LogP contribution in [0.25, 0.3) is 27.8 Å². The molecule has 1 saturated carbocycles.